The molecule has 2 aromatic carbocycles. The highest BCUT2D eigenvalue weighted by Gasteiger charge is 2.23. The van der Waals surface area contributed by atoms with Crippen LogP contribution in [0.4, 0.5) is 0 Å². The summed E-state index contributed by atoms with van der Waals surface area (Å²) >= 11 is 0. The third kappa shape index (κ3) is 11.3. The lowest BCUT2D eigenvalue weighted by Crippen LogP contribution is -2.18. The Labute approximate surface area is 271 Å². The van der Waals surface area contributed by atoms with E-state index >= 15 is 0 Å². The summed E-state index contributed by atoms with van der Waals surface area (Å²) in [4.78, 5) is 14.2. The smallest absolute Gasteiger partial charge is 0.235 e. The molecule has 0 radical (unpaired) electrons. The van der Waals surface area contributed by atoms with Gasteiger partial charge in [0.15, 0.2) is 5.75 Å². The fourth-order valence-corrected chi connectivity index (χ4v) is 5.84. The van der Waals surface area contributed by atoms with Gasteiger partial charge >= 0.3 is 0 Å². The lowest BCUT2D eigenvalue weighted by atomic mass is 10.0. The molecule has 0 unspecified atom stereocenters. The molecule has 0 saturated heterocycles. The van der Waals surface area contributed by atoms with Gasteiger partial charge in [0.05, 0.1) is 16.6 Å². The Bertz CT molecular complexity index is 1370. The normalized spacial score (nSPS) is 11.0. The first-order valence-electron chi connectivity index (χ1n) is 17.2. The van der Waals surface area contributed by atoms with Crippen molar-refractivity contribution in [3.8, 4) is 28.5 Å². The van der Waals surface area contributed by atoms with Crippen LogP contribution < -0.4 is 19.6 Å². The van der Waals surface area contributed by atoms with Crippen molar-refractivity contribution in [1.82, 2.24) is 4.57 Å². The largest absolute Gasteiger partial charge is 0.489 e. The van der Waals surface area contributed by atoms with Crippen molar-refractivity contribution in [1.29, 1.82) is 0 Å². The number of hydrogen-bond acceptors (Lipinski definition) is 4. The summed E-state index contributed by atoms with van der Waals surface area (Å²) in [5, 5.41) is 0.479. The number of fused-ring (bicyclic) bond motifs is 1. The van der Waals surface area contributed by atoms with Crippen LogP contribution in [0.5, 0.6) is 17.2 Å². The Balaban J connectivity index is 1.82. The average molecular weight is 614 g/mol. The average Bonchev–Trinajstić information content (AvgIpc) is 3.06. The molecule has 1 heterocycles. The fraction of sp³-hybridized carbons (Fsp3) is 0.475. The molecule has 0 atom stereocenters. The van der Waals surface area contributed by atoms with Crippen LogP contribution in [-0.4, -0.2) is 24.4 Å². The van der Waals surface area contributed by atoms with Gasteiger partial charge in [0, 0.05) is 24.2 Å². The van der Waals surface area contributed by atoms with Gasteiger partial charge in [-0.25, -0.2) is 0 Å². The van der Waals surface area contributed by atoms with Crippen molar-refractivity contribution in [3.05, 3.63) is 90.7 Å². The molecular formula is C40H55NO4. The molecule has 1 aromatic heterocycles. The molecule has 0 spiro atoms. The number of hydrogen-bond donors (Lipinski definition) is 0. The van der Waals surface area contributed by atoms with Gasteiger partial charge in [0.25, 0.3) is 0 Å². The summed E-state index contributed by atoms with van der Waals surface area (Å²) in [7, 11) is 0. The lowest BCUT2D eigenvalue weighted by molar-refractivity contribution is 0.345. The number of unbranched alkanes of at least 4 members (excludes halogenated alkanes) is 13. The van der Waals surface area contributed by atoms with E-state index in [1.54, 1.807) is 24.3 Å². The highest BCUT2D eigenvalue weighted by molar-refractivity contribution is 5.92. The SMILES string of the molecule is C=CCOc1cc(OCC=C)c2c(=O)c(OCC=C)c(-c3ccccc3)n(CCCCCCCCCCCCCCCC)c2c1. The quantitative estimate of drug-likeness (QED) is 0.0704. The summed E-state index contributed by atoms with van der Waals surface area (Å²) < 4.78 is 20.3. The minimum absolute atomic E-state index is 0.211. The molecule has 3 rings (SSSR count). The Morgan fingerprint density at radius 1 is 0.667 bits per heavy atom. The third-order valence-electron chi connectivity index (χ3n) is 8.12. The lowest BCUT2D eigenvalue weighted by Gasteiger charge is -2.22. The van der Waals surface area contributed by atoms with Gasteiger partial charge in [-0.1, -0.05) is 159 Å². The Kier molecular flexibility index (Phi) is 16.7. The first kappa shape index (κ1) is 35.7. The van der Waals surface area contributed by atoms with E-state index < -0.39 is 0 Å². The first-order valence-corrected chi connectivity index (χ1v) is 17.2. The van der Waals surface area contributed by atoms with Crippen LogP contribution in [0.25, 0.3) is 22.2 Å². The summed E-state index contributed by atoms with van der Waals surface area (Å²) in [6.45, 7) is 15.2. The molecule has 0 aliphatic carbocycles. The number of nitrogens with zero attached hydrogens (tertiary/aromatic N) is 1. The van der Waals surface area contributed by atoms with Crippen LogP contribution >= 0.6 is 0 Å². The van der Waals surface area contributed by atoms with Gasteiger partial charge in [-0.15, -0.1) is 0 Å². The van der Waals surface area contributed by atoms with Gasteiger partial charge in [0.1, 0.15) is 31.3 Å². The molecular weight excluding hydrogens is 558 g/mol. The van der Waals surface area contributed by atoms with E-state index in [0.717, 1.165) is 36.2 Å². The van der Waals surface area contributed by atoms with E-state index in [1.807, 2.05) is 36.4 Å². The Morgan fingerprint density at radius 2 is 1.20 bits per heavy atom. The van der Waals surface area contributed by atoms with Crippen LogP contribution in [0, 0.1) is 0 Å². The Morgan fingerprint density at radius 3 is 1.78 bits per heavy atom. The molecule has 45 heavy (non-hydrogen) atoms. The van der Waals surface area contributed by atoms with Crippen molar-refractivity contribution < 1.29 is 14.2 Å². The second-order valence-corrected chi connectivity index (χ2v) is 11.7. The standard InChI is InChI=1S/C40H55NO4/c1-5-9-10-11-12-13-14-15-16-17-18-19-20-24-27-41-35-31-34(43-28-6-2)32-36(44-29-7-3)37(35)39(42)40(45-30-8-4)38(41)33-25-22-21-23-26-33/h6-8,21-23,25-26,31-32H,2-5,9-20,24,27-30H2,1H3. The molecule has 0 aliphatic rings. The van der Waals surface area contributed by atoms with E-state index in [-0.39, 0.29) is 18.6 Å². The molecule has 5 heteroatoms. The topological polar surface area (TPSA) is 49.7 Å². The number of pyridine rings is 1. The number of aryl methyl sites for hydroxylation is 1. The number of rotatable bonds is 25. The second kappa shape index (κ2) is 21.1. The molecule has 244 valence electrons. The second-order valence-electron chi connectivity index (χ2n) is 11.7. The third-order valence-corrected chi connectivity index (χ3v) is 8.12. The minimum Gasteiger partial charge on any atom is -0.489 e. The summed E-state index contributed by atoms with van der Waals surface area (Å²) in [5.41, 5.74) is 2.24. The number of benzene rings is 2. The Hall–Kier alpha value is -3.73. The zero-order valence-corrected chi connectivity index (χ0v) is 27.7. The van der Waals surface area contributed by atoms with E-state index in [4.69, 9.17) is 14.2 Å². The molecule has 0 amide bonds. The first-order chi connectivity index (χ1) is 22.2. The molecule has 0 saturated carbocycles. The van der Waals surface area contributed by atoms with Crippen molar-refractivity contribution in [3.63, 3.8) is 0 Å². The van der Waals surface area contributed by atoms with E-state index in [9.17, 15) is 4.79 Å². The summed E-state index contributed by atoms with van der Waals surface area (Å²) in [6, 6.07) is 13.7. The molecule has 3 aromatic rings. The fourth-order valence-electron chi connectivity index (χ4n) is 5.84. The maximum absolute atomic E-state index is 14.2. The van der Waals surface area contributed by atoms with E-state index in [2.05, 4.69) is 31.2 Å². The minimum atomic E-state index is -0.211. The van der Waals surface area contributed by atoms with Crippen LogP contribution in [0.2, 0.25) is 0 Å². The monoisotopic (exact) mass is 613 g/mol. The molecule has 5 nitrogen and oxygen atoms in total. The highest BCUT2D eigenvalue weighted by atomic mass is 16.5. The molecule has 0 bridgehead atoms. The van der Waals surface area contributed by atoms with Crippen LogP contribution in [0.3, 0.4) is 0 Å². The number of ether oxygens (including phenoxy) is 3. The zero-order valence-electron chi connectivity index (χ0n) is 27.7. The van der Waals surface area contributed by atoms with Gasteiger partial charge < -0.3 is 18.8 Å². The van der Waals surface area contributed by atoms with Gasteiger partial charge in [-0.2, -0.15) is 0 Å². The van der Waals surface area contributed by atoms with Gasteiger partial charge in [0.2, 0.25) is 5.43 Å². The number of aromatic nitrogens is 1. The van der Waals surface area contributed by atoms with Gasteiger partial charge in [-0.3, -0.25) is 4.79 Å². The molecule has 0 N–H and O–H groups in total. The maximum Gasteiger partial charge on any atom is 0.235 e. The summed E-state index contributed by atoms with van der Waals surface area (Å²) in [6.07, 6.45) is 23.3. The predicted octanol–water partition coefficient (Wildman–Crippen LogP) is 10.8. The van der Waals surface area contributed by atoms with E-state index in [1.165, 1.54) is 77.0 Å². The van der Waals surface area contributed by atoms with Crippen LogP contribution in [-0.2, 0) is 6.54 Å². The maximum atomic E-state index is 14.2. The molecule has 0 fully saturated rings. The highest BCUT2D eigenvalue weighted by Crippen LogP contribution is 2.37. The van der Waals surface area contributed by atoms with Crippen LogP contribution in [0.15, 0.2) is 85.2 Å². The van der Waals surface area contributed by atoms with Gasteiger partial charge in [-0.05, 0) is 6.42 Å². The zero-order chi connectivity index (χ0) is 32.1. The van der Waals surface area contributed by atoms with Crippen molar-refractivity contribution in [2.24, 2.45) is 0 Å². The van der Waals surface area contributed by atoms with Crippen molar-refractivity contribution in [2.75, 3.05) is 19.8 Å². The van der Waals surface area contributed by atoms with E-state index in [0.29, 0.717) is 29.2 Å². The molecule has 0 aliphatic heterocycles. The van der Waals surface area contributed by atoms with Crippen molar-refractivity contribution >= 4 is 10.9 Å². The summed E-state index contributed by atoms with van der Waals surface area (Å²) in [5.74, 6) is 1.38. The van der Waals surface area contributed by atoms with Crippen LogP contribution in [0.1, 0.15) is 96.8 Å². The predicted molar refractivity (Wildman–Crippen MR) is 191 cm³/mol. The van der Waals surface area contributed by atoms with Crippen molar-refractivity contribution in [2.45, 2.75) is 103 Å².